The fourth-order valence-electron chi connectivity index (χ4n) is 4.30. The summed E-state index contributed by atoms with van der Waals surface area (Å²) in [7, 11) is 1.72. The van der Waals surface area contributed by atoms with Crippen LogP contribution in [-0.2, 0) is 29.4 Å². The molecule has 2 atom stereocenters. The van der Waals surface area contributed by atoms with Crippen LogP contribution in [0.3, 0.4) is 0 Å². The summed E-state index contributed by atoms with van der Waals surface area (Å²) in [5.41, 5.74) is 2.36. The number of nitrogens with zero attached hydrogens (tertiary/aromatic N) is 2. The summed E-state index contributed by atoms with van der Waals surface area (Å²) in [6, 6.07) is 23.7. The Bertz CT molecular complexity index is 1400. The van der Waals surface area contributed by atoms with E-state index in [1.165, 1.54) is 0 Å². The van der Waals surface area contributed by atoms with E-state index in [0.29, 0.717) is 48.5 Å². The van der Waals surface area contributed by atoms with Gasteiger partial charge in [-0.2, -0.15) is 0 Å². The molecule has 3 aromatic carbocycles. The van der Waals surface area contributed by atoms with Crippen molar-refractivity contribution >= 4 is 16.8 Å². The van der Waals surface area contributed by atoms with E-state index >= 15 is 0 Å². The van der Waals surface area contributed by atoms with E-state index in [4.69, 9.17) is 9.47 Å². The van der Waals surface area contributed by atoms with Crippen LogP contribution in [-0.4, -0.2) is 46.5 Å². The van der Waals surface area contributed by atoms with Crippen LogP contribution in [0.1, 0.15) is 29.9 Å². The predicted octanol–water partition coefficient (Wildman–Crippen LogP) is 3.35. The van der Waals surface area contributed by atoms with E-state index < -0.39 is 12.1 Å². The van der Waals surface area contributed by atoms with Crippen LogP contribution >= 0.6 is 0 Å². The molecule has 4 aromatic rings. The summed E-state index contributed by atoms with van der Waals surface area (Å²) in [6.07, 6.45) is 0.179. The molecule has 2 unspecified atom stereocenters. The zero-order valence-corrected chi connectivity index (χ0v) is 21.7. The van der Waals surface area contributed by atoms with Crippen LogP contribution < -0.4 is 15.6 Å². The lowest BCUT2D eigenvalue weighted by atomic mass is 10.0. The Balaban J connectivity index is 1.34. The third-order valence-corrected chi connectivity index (χ3v) is 6.38. The molecule has 0 saturated heterocycles. The maximum atomic E-state index is 13.0. The summed E-state index contributed by atoms with van der Waals surface area (Å²) < 4.78 is 13.2. The number of hydrogen-bond acceptors (Lipinski definition) is 6. The lowest BCUT2D eigenvalue weighted by Crippen LogP contribution is -2.41. The third kappa shape index (κ3) is 6.65. The number of fused-ring (bicyclic) bond motifs is 1. The van der Waals surface area contributed by atoms with Crippen LogP contribution in [0.15, 0.2) is 83.7 Å². The lowest BCUT2D eigenvalue weighted by Gasteiger charge is -2.22. The van der Waals surface area contributed by atoms with E-state index in [1.54, 1.807) is 17.7 Å². The highest BCUT2D eigenvalue weighted by molar-refractivity contribution is 5.81. The highest BCUT2D eigenvalue weighted by Gasteiger charge is 2.23. The lowest BCUT2D eigenvalue weighted by molar-refractivity contribution is -0.133. The number of aromatic nitrogens is 2. The minimum absolute atomic E-state index is 0.0723. The Labute approximate surface area is 221 Å². The zero-order valence-electron chi connectivity index (χ0n) is 21.7. The van der Waals surface area contributed by atoms with Gasteiger partial charge in [-0.15, -0.1) is 0 Å². The molecule has 0 aliphatic heterocycles. The molecule has 0 aliphatic carbocycles. The first-order valence-corrected chi connectivity index (χ1v) is 12.7. The van der Waals surface area contributed by atoms with E-state index in [-0.39, 0.29) is 18.1 Å². The van der Waals surface area contributed by atoms with Crippen molar-refractivity contribution in [3.05, 3.63) is 106 Å². The SMILES string of the molecule is CCOC(Cc1ccc(OCCc2nc3ccccc3c(=O)n2C)cc1)C(=O)NC(CO)c1ccccc1. The fourth-order valence-corrected chi connectivity index (χ4v) is 4.30. The molecule has 0 saturated carbocycles. The van der Waals surface area contributed by atoms with Gasteiger partial charge in [0.15, 0.2) is 0 Å². The number of hydrogen-bond donors (Lipinski definition) is 2. The van der Waals surface area contributed by atoms with Crippen LogP contribution in [0.4, 0.5) is 0 Å². The number of aliphatic hydroxyl groups is 1. The van der Waals surface area contributed by atoms with Gasteiger partial charge < -0.3 is 19.9 Å². The van der Waals surface area contributed by atoms with Crippen molar-refractivity contribution in [2.45, 2.75) is 31.9 Å². The smallest absolute Gasteiger partial charge is 0.261 e. The van der Waals surface area contributed by atoms with Crippen molar-refractivity contribution in [2.75, 3.05) is 19.8 Å². The zero-order chi connectivity index (χ0) is 26.9. The van der Waals surface area contributed by atoms with Gasteiger partial charge in [-0.3, -0.25) is 14.2 Å². The minimum Gasteiger partial charge on any atom is -0.493 e. The molecule has 8 heteroatoms. The van der Waals surface area contributed by atoms with Gasteiger partial charge in [0.05, 0.1) is 30.2 Å². The van der Waals surface area contributed by atoms with E-state index in [2.05, 4.69) is 10.3 Å². The molecule has 4 rings (SSSR count). The van der Waals surface area contributed by atoms with Gasteiger partial charge >= 0.3 is 0 Å². The maximum Gasteiger partial charge on any atom is 0.261 e. The molecule has 1 heterocycles. The molecule has 0 aliphatic rings. The quantitative estimate of drug-likeness (QED) is 0.300. The number of amides is 1. The highest BCUT2D eigenvalue weighted by Crippen LogP contribution is 2.17. The molecule has 0 radical (unpaired) electrons. The van der Waals surface area contributed by atoms with E-state index in [0.717, 1.165) is 11.1 Å². The first-order chi connectivity index (χ1) is 18.5. The molecular weight excluding hydrogens is 482 g/mol. The second-order valence-electron chi connectivity index (χ2n) is 8.95. The molecule has 198 valence electrons. The predicted molar refractivity (Wildman–Crippen MR) is 146 cm³/mol. The first kappa shape index (κ1) is 27.0. The fraction of sp³-hybridized carbons (Fsp3) is 0.300. The molecule has 8 nitrogen and oxygen atoms in total. The number of ether oxygens (including phenoxy) is 2. The van der Waals surface area contributed by atoms with Gasteiger partial charge in [-0.25, -0.2) is 4.98 Å². The number of rotatable bonds is 12. The summed E-state index contributed by atoms with van der Waals surface area (Å²) in [5, 5.41) is 13.3. The standard InChI is InChI=1S/C30H33N3O5/c1-3-37-27(29(35)32-26(20-34)22-9-5-4-6-10-22)19-21-13-15-23(16-14-21)38-18-17-28-31-25-12-8-7-11-24(25)30(36)33(28)2/h4-16,26-27,34H,3,17-20H2,1-2H3,(H,32,35). The van der Waals surface area contributed by atoms with Crippen LogP contribution in [0.5, 0.6) is 5.75 Å². The number of aliphatic hydroxyl groups excluding tert-OH is 1. The Kier molecular flexibility index (Phi) is 9.24. The van der Waals surface area contributed by atoms with E-state index in [9.17, 15) is 14.7 Å². The van der Waals surface area contributed by atoms with Crippen LogP contribution in [0, 0.1) is 0 Å². The number of para-hydroxylation sites is 1. The van der Waals surface area contributed by atoms with E-state index in [1.807, 2.05) is 79.7 Å². The van der Waals surface area contributed by atoms with Crippen molar-refractivity contribution in [1.82, 2.24) is 14.9 Å². The Hall–Kier alpha value is -4.01. The normalized spacial score (nSPS) is 12.7. The van der Waals surface area contributed by atoms with Gasteiger partial charge in [0, 0.05) is 26.5 Å². The third-order valence-electron chi connectivity index (χ3n) is 6.38. The summed E-state index contributed by atoms with van der Waals surface area (Å²) in [4.78, 5) is 30.1. The molecule has 1 aromatic heterocycles. The van der Waals surface area contributed by atoms with Gasteiger partial charge in [0.1, 0.15) is 17.7 Å². The summed E-state index contributed by atoms with van der Waals surface area (Å²) >= 11 is 0. The molecular formula is C30H33N3O5. The van der Waals surface area contributed by atoms with Gasteiger partial charge in [-0.05, 0) is 42.3 Å². The second-order valence-corrected chi connectivity index (χ2v) is 8.95. The van der Waals surface area contributed by atoms with Crippen molar-refractivity contribution in [3.8, 4) is 5.75 Å². The first-order valence-electron chi connectivity index (χ1n) is 12.7. The largest absolute Gasteiger partial charge is 0.493 e. The number of benzene rings is 3. The molecule has 0 bridgehead atoms. The average Bonchev–Trinajstić information content (AvgIpc) is 2.95. The molecule has 1 amide bonds. The maximum absolute atomic E-state index is 13.0. The highest BCUT2D eigenvalue weighted by atomic mass is 16.5. The monoisotopic (exact) mass is 515 g/mol. The van der Waals surface area contributed by atoms with Crippen molar-refractivity contribution in [2.24, 2.45) is 7.05 Å². The van der Waals surface area contributed by atoms with Gasteiger partial charge in [-0.1, -0.05) is 54.6 Å². The topological polar surface area (TPSA) is 103 Å². The second kappa shape index (κ2) is 13.0. The Morgan fingerprint density at radius 2 is 1.74 bits per heavy atom. The summed E-state index contributed by atoms with van der Waals surface area (Å²) in [5.74, 6) is 1.07. The van der Waals surface area contributed by atoms with Crippen molar-refractivity contribution in [3.63, 3.8) is 0 Å². The van der Waals surface area contributed by atoms with Crippen LogP contribution in [0.2, 0.25) is 0 Å². The van der Waals surface area contributed by atoms with Gasteiger partial charge in [0.25, 0.3) is 5.56 Å². The van der Waals surface area contributed by atoms with Gasteiger partial charge in [0.2, 0.25) is 5.91 Å². The molecule has 0 spiro atoms. The number of carbonyl (C=O) groups excluding carboxylic acids is 1. The molecule has 2 N–H and O–H groups in total. The number of carbonyl (C=O) groups is 1. The summed E-state index contributed by atoms with van der Waals surface area (Å²) in [6.45, 7) is 2.39. The van der Waals surface area contributed by atoms with Crippen molar-refractivity contribution < 1.29 is 19.4 Å². The Morgan fingerprint density at radius 3 is 2.45 bits per heavy atom. The van der Waals surface area contributed by atoms with Crippen LogP contribution in [0.25, 0.3) is 10.9 Å². The Morgan fingerprint density at radius 1 is 1.03 bits per heavy atom. The number of nitrogens with one attached hydrogen (secondary N) is 1. The molecule has 38 heavy (non-hydrogen) atoms. The minimum atomic E-state index is -0.690. The molecule has 0 fully saturated rings. The average molecular weight is 516 g/mol. The van der Waals surface area contributed by atoms with Crippen molar-refractivity contribution in [1.29, 1.82) is 0 Å².